The average Bonchev–Trinajstić information content (AvgIpc) is 2.16. The first-order valence-corrected chi connectivity index (χ1v) is 5.10. The van der Waals surface area contributed by atoms with Crippen molar-refractivity contribution in [1.82, 2.24) is 4.98 Å². The number of pyridine rings is 1. The number of aryl methyl sites for hydroxylation is 1. The number of hydrogen-bond acceptors (Lipinski definition) is 2. The summed E-state index contributed by atoms with van der Waals surface area (Å²) < 4.78 is 29.9. The van der Waals surface area contributed by atoms with E-state index in [0.717, 1.165) is 0 Å². The monoisotopic (exact) mass is 265 g/mol. The third kappa shape index (κ3) is 2.20. The minimum Gasteiger partial charge on any atom is -0.481 e. The van der Waals surface area contributed by atoms with Crippen LogP contribution in [0, 0.1) is 6.92 Å². The van der Waals surface area contributed by atoms with Gasteiger partial charge in [-0.3, -0.25) is 0 Å². The first-order valence-electron chi connectivity index (χ1n) is 3.98. The van der Waals surface area contributed by atoms with Gasteiger partial charge >= 0.3 is 0 Å². The van der Waals surface area contributed by atoms with Gasteiger partial charge in [0.15, 0.2) is 0 Å². The number of nitrogens with zero attached hydrogens (tertiary/aromatic N) is 1. The Morgan fingerprint density at radius 2 is 2.21 bits per heavy atom. The molecule has 0 saturated heterocycles. The minimum absolute atomic E-state index is 0.0414. The summed E-state index contributed by atoms with van der Waals surface area (Å²) in [5, 5.41) is 0.448. The molecular formula is C9H10BrF2NO. The van der Waals surface area contributed by atoms with Crippen LogP contribution in [0.1, 0.15) is 23.2 Å². The predicted octanol–water partition coefficient (Wildman–Crippen LogP) is 3.23. The van der Waals surface area contributed by atoms with Gasteiger partial charge in [0.05, 0.1) is 12.8 Å². The van der Waals surface area contributed by atoms with Gasteiger partial charge in [-0.05, 0) is 13.0 Å². The van der Waals surface area contributed by atoms with Crippen molar-refractivity contribution in [2.24, 2.45) is 0 Å². The van der Waals surface area contributed by atoms with E-state index in [1.54, 1.807) is 6.92 Å². The zero-order valence-electron chi connectivity index (χ0n) is 7.85. The van der Waals surface area contributed by atoms with E-state index in [0.29, 0.717) is 22.5 Å². The van der Waals surface area contributed by atoms with E-state index >= 15 is 0 Å². The third-order valence-corrected chi connectivity index (χ3v) is 2.47. The predicted molar refractivity (Wildman–Crippen MR) is 53.1 cm³/mol. The Bertz CT molecular complexity index is 331. The SMILES string of the molecule is COc1nc(C)c(C(F)F)cc1CBr. The fraction of sp³-hybridized carbons (Fsp3) is 0.444. The molecule has 0 atom stereocenters. The number of ether oxygens (including phenoxy) is 1. The van der Waals surface area contributed by atoms with Crippen LogP contribution in [0.15, 0.2) is 6.07 Å². The smallest absolute Gasteiger partial charge is 0.265 e. The van der Waals surface area contributed by atoms with Crippen LogP contribution in [-0.2, 0) is 5.33 Å². The zero-order valence-corrected chi connectivity index (χ0v) is 9.44. The van der Waals surface area contributed by atoms with Gasteiger partial charge in [-0.25, -0.2) is 13.8 Å². The summed E-state index contributed by atoms with van der Waals surface area (Å²) in [7, 11) is 1.47. The lowest BCUT2D eigenvalue weighted by Crippen LogP contribution is -2.00. The van der Waals surface area contributed by atoms with E-state index in [-0.39, 0.29) is 5.56 Å². The van der Waals surface area contributed by atoms with E-state index in [1.807, 2.05) is 0 Å². The lowest BCUT2D eigenvalue weighted by molar-refractivity contribution is 0.149. The largest absolute Gasteiger partial charge is 0.481 e. The third-order valence-electron chi connectivity index (χ3n) is 1.86. The Balaban J connectivity index is 3.23. The Kier molecular flexibility index (Phi) is 3.80. The first-order chi connectivity index (χ1) is 6.60. The number of methoxy groups -OCH3 is 1. The standard InChI is InChI=1S/C9H10BrF2NO/c1-5-7(8(11)12)3-6(4-10)9(13-5)14-2/h3,8H,4H2,1-2H3. The molecule has 1 heterocycles. The molecule has 5 heteroatoms. The highest BCUT2D eigenvalue weighted by Crippen LogP contribution is 2.27. The quantitative estimate of drug-likeness (QED) is 0.783. The van der Waals surface area contributed by atoms with Crippen LogP contribution >= 0.6 is 15.9 Å². The van der Waals surface area contributed by atoms with Gasteiger partial charge in [-0.1, -0.05) is 15.9 Å². The molecule has 0 N–H and O–H groups in total. The average molecular weight is 266 g/mol. The summed E-state index contributed by atoms with van der Waals surface area (Å²) in [5.41, 5.74) is 0.898. The molecule has 0 aliphatic heterocycles. The molecule has 1 rings (SSSR count). The van der Waals surface area contributed by atoms with Crippen molar-refractivity contribution in [3.05, 3.63) is 22.9 Å². The number of rotatable bonds is 3. The van der Waals surface area contributed by atoms with Crippen LogP contribution in [0.5, 0.6) is 5.88 Å². The van der Waals surface area contributed by atoms with Crippen molar-refractivity contribution >= 4 is 15.9 Å². The molecule has 0 spiro atoms. The van der Waals surface area contributed by atoms with Crippen LogP contribution in [0.25, 0.3) is 0 Å². The van der Waals surface area contributed by atoms with Crippen LogP contribution in [0.4, 0.5) is 8.78 Å². The maximum absolute atomic E-state index is 12.5. The van der Waals surface area contributed by atoms with Gasteiger partial charge in [0.2, 0.25) is 5.88 Å². The molecule has 2 nitrogen and oxygen atoms in total. The topological polar surface area (TPSA) is 22.1 Å². The highest BCUT2D eigenvalue weighted by atomic mass is 79.9. The highest BCUT2D eigenvalue weighted by Gasteiger charge is 2.15. The molecule has 0 unspecified atom stereocenters. The second-order valence-corrected chi connectivity index (χ2v) is 3.33. The highest BCUT2D eigenvalue weighted by molar-refractivity contribution is 9.08. The molecule has 78 valence electrons. The summed E-state index contributed by atoms with van der Waals surface area (Å²) >= 11 is 3.19. The van der Waals surface area contributed by atoms with E-state index < -0.39 is 6.43 Å². The van der Waals surface area contributed by atoms with Crippen LogP contribution in [-0.4, -0.2) is 12.1 Å². The minimum atomic E-state index is -2.49. The van der Waals surface area contributed by atoms with Crippen LogP contribution in [0.2, 0.25) is 0 Å². The van der Waals surface area contributed by atoms with Crippen LogP contribution in [0.3, 0.4) is 0 Å². The second kappa shape index (κ2) is 4.68. The fourth-order valence-corrected chi connectivity index (χ4v) is 1.54. The number of hydrogen-bond donors (Lipinski definition) is 0. The lowest BCUT2D eigenvalue weighted by atomic mass is 10.1. The molecule has 14 heavy (non-hydrogen) atoms. The second-order valence-electron chi connectivity index (χ2n) is 2.77. The fourth-order valence-electron chi connectivity index (χ4n) is 1.14. The van der Waals surface area contributed by atoms with Gasteiger partial charge in [-0.2, -0.15) is 0 Å². The van der Waals surface area contributed by atoms with Gasteiger partial charge < -0.3 is 4.74 Å². The number of alkyl halides is 3. The van der Waals surface area contributed by atoms with E-state index in [9.17, 15) is 8.78 Å². The Morgan fingerprint density at radius 3 is 2.64 bits per heavy atom. The Hall–Kier alpha value is -0.710. The summed E-state index contributed by atoms with van der Waals surface area (Å²) in [4.78, 5) is 3.95. The molecule has 1 aromatic heterocycles. The molecule has 0 aliphatic rings. The summed E-state index contributed by atoms with van der Waals surface area (Å²) in [6, 6.07) is 1.42. The summed E-state index contributed by atoms with van der Waals surface area (Å²) in [5.74, 6) is 0.392. The number of aromatic nitrogens is 1. The van der Waals surface area contributed by atoms with E-state index in [2.05, 4.69) is 20.9 Å². The molecule has 0 fully saturated rings. The zero-order chi connectivity index (χ0) is 10.7. The molecule has 0 bridgehead atoms. The van der Waals surface area contributed by atoms with E-state index in [1.165, 1.54) is 13.2 Å². The molecular weight excluding hydrogens is 256 g/mol. The molecule has 0 saturated carbocycles. The van der Waals surface area contributed by atoms with Gasteiger partial charge in [0, 0.05) is 16.5 Å². The van der Waals surface area contributed by atoms with Crippen molar-refractivity contribution in [3.8, 4) is 5.88 Å². The van der Waals surface area contributed by atoms with Crippen molar-refractivity contribution in [2.75, 3.05) is 7.11 Å². The van der Waals surface area contributed by atoms with Crippen molar-refractivity contribution < 1.29 is 13.5 Å². The van der Waals surface area contributed by atoms with Crippen molar-refractivity contribution in [1.29, 1.82) is 0 Å². The molecule has 0 radical (unpaired) electrons. The maximum Gasteiger partial charge on any atom is 0.265 e. The van der Waals surface area contributed by atoms with Crippen molar-refractivity contribution in [3.63, 3.8) is 0 Å². The Labute approximate surface area is 89.4 Å². The number of halogens is 3. The molecule has 0 amide bonds. The lowest BCUT2D eigenvalue weighted by Gasteiger charge is -2.10. The van der Waals surface area contributed by atoms with E-state index in [4.69, 9.17) is 4.74 Å². The Morgan fingerprint density at radius 1 is 1.57 bits per heavy atom. The molecule has 0 aromatic carbocycles. The summed E-state index contributed by atoms with van der Waals surface area (Å²) in [6.07, 6.45) is -2.49. The van der Waals surface area contributed by atoms with Gasteiger partial charge in [-0.15, -0.1) is 0 Å². The first kappa shape index (κ1) is 11.4. The normalized spacial score (nSPS) is 10.7. The van der Waals surface area contributed by atoms with Gasteiger partial charge in [0.1, 0.15) is 0 Å². The van der Waals surface area contributed by atoms with Gasteiger partial charge in [0.25, 0.3) is 6.43 Å². The maximum atomic E-state index is 12.5. The summed E-state index contributed by atoms with van der Waals surface area (Å²) in [6.45, 7) is 1.54. The molecule has 0 aliphatic carbocycles. The van der Waals surface area contributed by atoms with Crippen molar-refractivity contribution in [2.45, 2.75) is 18.7 Å². The van der Waals surface area contributed by atoms with Crippen LogP contribution < -0.4 is 4.74 Å². The molecule has 1 aromatic rings.